The van der Waals surface area contributed by atoms with Crippen molar-refractivity contribution in [3.05, 3.63) is 0 Å². The smallest absolute Gasteiger partial charge is 0.323 e. The van der Waals surface area contributed by atoms with Gasteiger partial charge in [0.2, 0.25) is 11.9 Å². The zero-order valence-electron chi connectivity index (χ0n) is 12.5. The van der Waals surface area contributed by atoms with Gasteiger partial charge in [0.15, 0.2) is 0 Å². The number of hydrogen-bond donors (Lipinski definition) is 1. The first kappa shape index (κ1) is 14.3. The number of nitrogens with one attached hydrogen (secondary N) is 1. The molecule has 2 fully saturated rings. The van der Waals surface area contributed by atoms with E-state index in [1.807, 2.05) is 6.92 Å². The Labute approximate surface area is 125 Å². The highest BCUT2D eigenvalue weighted by molar-refractivity contribution is 5.39. The Bertz CT molecular complexity index is 459. The number of anilines is 2. The second-order valence-electron chi connectivity index (χ2n) is 5.51. The van der Waals surface area contributed by atoms with Gasteiger partial charge in [-0.05, 0) is 26.2 Å². The van der Waals surface area contributed by atoms with Gasteiger partial charge >= 0.3 is 6.01 Å². The summed E-state index contributed by atoms with van der Waals surface area (Å²) in [6.45, 7) is 7.01. The number of hydrogen-bond acceptors (Lipinski definition) is 7. The summed E-state index contributed by atoms with van der Waals surface area (Å²) in [6.07, 6.45) is 3.43. The van der Waals surface area contributed by atoms with E-state index in [-0.39, 0.29) is 0 Å². The van der Waals surface area contributed by atoms with E-state index < -0.39 is 0 Å². The molecule has 21 heavy (non-hydrogen) atoms. The first-order valence-electron chi connectivity index (χ1n) is 7.80. The van der Waals surface area contributed by atoms with Crippen LogP contribution >= 0.6 is 0 Å². The first-order chi connectivity index (χ1) is 10.3. The van der Waals surface area contributed by atoms with Gasteiger partial charge in [-0.3, -0.25) is 0 Å². The molecule has 3 rings (SSSR count). The lowest BCUT2D eigenvalue weighted by molar-refractivity contribution is 0.163. The molecule has 2 aliphatic rings. The maximum absolute atomic E-state index is 5.77. The van der Waals surface area contributed by atoms with Crippen molar-refractivity contribution in [2.24, 2.45) is 5.92 Å². The molecule has 0 amide bonds. The normalized spacial score (nSPS) is 21.8. The summed E-state index contributed by atoms with van der Waals surface area (Å²) < 4.78 is 11.1. The first-order valence-corrected chi connectivity index (χ1v) is 7.80. The molecule has 1 aromatic rings. The number of nitrogens with zero attached hydrogens (tertiary/aromatic N) is 4. The minimum Gasteiger partial charge on any atom is -0.463 e. The Kier molecular flexibility index (Phi) is 4.69. The molecule has 0 aliphatic carbocycles. The van der Waals surface area contributed by atoms with Crippen LogP contribution in [0.3, 0.4) is 0 Å². The minimum absolute atomic E-state index is 0.412. The van der Waals surface area contributed by atoms with Gasteiger partial charge in [-0.2, -0.15) is 15.0 Å². The third-order valence-electron chi connectivity index (χ3n) is 3.80. The fourth-order valence-electron chi connectivity index (χ4n) is 2.61. The molecular formula is C14H23N5O2. The molecule has 1 N–H and O–H groups in total. The fourth-order valence-corrected chi connectivity index (χ4v) is 2.61. The van der Waals surface area contributed by atoms with Crippen molar-refractivity contribution in [3.8, 4) is 6.01 Å². The highest BCUT2D eigenvalue weighted by atomic mass is 16.5. The Morgan fingerprint density at radius 1 is 1.29 bits per heavy atom. The van der Waals surface area contributed by atoms with Crippen LogP contribution in [0.15, 0.2) is 0 Å². The molecule has 116 valence electrons. The Morgan fingerprint density at radius 2 is 2.14 bits per heavy atom. The standard InChI is InChI=1S/C14H23N5O2/c1-2-15-12-16-13(19-6-3-4-7-19)18-14(17-12)21-10-11-5-8-20-9-11/h11H,2-10H2,1H3,(H,15,16,17,18). The van der Waals surface area contributed by atoms with Crippen molar-refractivity contribution < 1.29 is 9.47 Å². The van der Waals surface area contributed by atoms with Crippen molar-refractivity contribution in [1.29, 1.82) is 0 Å². The maximum atomic E-state index is 5.77. The number of ether oxygens (including phenoxy) is 2. The summed E-state index contributed by atoms with van der Waals surface area (Å²) in [5.74, 6) is 1.75. The lowest BCUT2D eigenvalue weighted by atomic mass is 10.1. The summed E-state index contributed by atoms with van der Waals surface area (Å²) in [4.78, 5) is 15.5. The summed E-state index contributed by atoms with van der Waals surface area (Å²) in [7, 11) is 0. The molecule has 1 aromatic heterocycles. The second-order valence-corrected chi connectivity index (χ2v) is 5.51. The molecule has 1 unspecified atom stereocenters. The van der Waals surface area contributed by atoms with E-state index in [0.717, 1.165) is 45.2 Å². The van der Waals surface area contributed by atoms with Crippen LogP contribution in [-0.4, -0.2) is 54.4 Å². The zero-order valence-corrected chi connectivity index (χ0v) is 12.5. The van der Waals surface area contributed by atoms with E-state index in [2.05, 4.69) is 25.2 Å². The molecule has 7 heteroatoms. The van der Waals surface area contributed by atoms with Gasteiger partial charge in [-0.25, -0.2) is 0 Å². The summed E-state index contributed by atoms with van der Waals surface area (Å²) in [5.41, 5.74) is 0. The molecule has 1 atom stereocenters. The highest BCUT2D eigenvalue weighted by Gasteiger charge is 2.20. The van der Waals surface area contributed by atoms with Crippen molar-refractivity contribution in [3.63, 3.8) is 0 Å². The SMILES string of the molecule is CCNc1nc(OCC2CCOC2)nc(N2CCCC2)n1. The van der Waals surface area contributed by atoms with Crippen LogP contribution in [0.1, 0.15) is 26.2 Å². The van der Waals surface area contributed by atoms with Gasteiger partial charge in [-0.15, -0.1) is 0 Å². The monoisotopic (exact) mass is 293 g/mol. The van der Waals surface area contributed by atoms with E-state index in [9.17, 15) is 0 Å². The molecule has 0 spiro atoms. The number of aromatic nitrogens is 3. The largest absolute Gasteiger partial charge is 0.463 e. The van der Waals surface area contributed by atoms with Crippen LogP contribution in [0.25, 0.3) is 0 Å². The summed E-state index contributed by atoms with van der Waals surface area (Å²) >= 11 is 0. The predicted molar refractivity (Wildman–Crippen MR) is 79.9 cm³/mol. The Balaban J connectivity index is 1.70. The number of rotatable bonds is 6. The van der Waals surface area contributed by atoms with Crippen LogP contribution in [0.4, 0.5) is 11.9 Å². The van der Waals surface area contributed by atoms with E-state index in [1.54, 1.807) is 0 Å². The fraction of sp³-hybridized carbons (Fsp3) is 0.786. The van der Waals surface area contributed by atoms with Crippen LogP contribution in [-0.2, 0) is 4.74 Å². The lowest BCUT2D eigenvalue weighted by Gasteiger charge is -2.17. The topological polar surface area (TPSA) is 72.4 Å². The van der Waals surface area contributed by atoms with Crippen LogP contribution in [0.2, 0.25) is 0 Å². The Morgan fingerprint density at radius 3 is 2.86 bits per heavy atom. The van der Waals surface area contributed by atoms with Crippen molar-refractivity contribution in [2.75, 3.05) is 49.7 Å². The third kappa shape index (κ3) is 3.72. The average molecular weight is 293 g/mol. The van der Waals surface area contributed by atoms with Crippen molar-refractivity contribution >= 4 is 11.9 Å². The van der Waals surface area contributed by atoms with Crippen molar-refractivity contribution in [2.45, 2.75) is 26.2 Å². The molecule has 2 aliphatic heterocycles. The van der Waals surface area contributed by atoms with E-state index in [4.69, 9.17) is 9.47 Å². The van der Waals surface area contributed by atoms with E-state index in [1.165, 1.54) is 12.8 Å². The van der Waals surface area contributed by atoms with E-state index >= 15 is 0 Å². The molecule has 0 bridgehead atoms. The van der Waals surface area contributed by atoms with Gasteiger partial charge in [0.05, 0.1) is 13.2 Å². The van der Waals surface area contributed by atoms with E-state index in [0.29, 0.717) is 24.5 Å². The molecular weight excluding hydrogens is 270 g/mol. The molecule has 2 saturated heterocycles. The van der Waals surface area contributed by atoms with Gasteiger partial charge in [0.25, 0.3) is 0 Å². The second kappa shape index (κ2) is 6.89. The van der Waals surface area contributed by atoms with Gasteiger partial charge in [-0.1, -0.05) is 0 Å². The van der Waals surface area contributed by atoms with Gasteiger partial charge in [0.1, 0.15) is 0 Å². The van der Waals surface area contributed by atoms with Crippen molar-refractivity contribution in [1.82, 2.24) is 15.0 Å². The van der Waals surface area contributed by atoms with Crippen LogP contribution < -0.4 is 15.0 Å². The molecule has 0 radical (unpaired) electrons. The quantitative estimate of drug-likeness (QED) is 0.848. The third-order valence-corrected chi connectivity index (χ3v) is 3.80. The molecule has 0 saturated carbocycles. The highest BCUT2D eigenvalue weighted by Crippen LogP contribution is 2.20. The molecule has 3 heterocycles. The minimum atomic E-state index is 0.412. The van der Waals surface area contributed by atoms with Gasteiger partial charge in [0, 0.05) is 32.2 Å². The van der Waals surface area contributed by atoms with Crippen LogP contribution in [0, 0.1) is 5.92 Å². The zero-order chi connectivity index (χ0) is 14.5. The average Bonchev–Trinajstić information content (AvgIpc) is 3.19. The predicted octanol–water partition coefficient (Wildman–Crippen LogP) is 1.32. The summed E-state index contributed by atoms with van der Waals surface area (Å²) in [6, 6.07) is 0.412. The van der Waals surface area contributed by atoms with Crippen LogP contribution in [0.5, 0.6) is 6.01 Å². The molecule has 0 aromatic carbocycles. The Hall–Kier alpha value is -1.63. The maximum Gasteiger partial charge on any atom is 0.323 e. The molecule has 7 nitrogen and oxygen atoms in total. The van der Waals surface area contributed by atoms with Gasteiger partial charge < -0.3 is 19.7 Å². The summed E-state index contributed by atoms with van der Waals surface area (Å²) in [5, 5.41) is 3.15. The lowest BCUT2D eigenvalue weighted by Crippen LogP contribution is -2.22.